The highest BCUT2D eigenvalue weighted by Crippen LogP contribution is 2.35. The smallest absolute Gasteiger partial charge is 0.338 e. The number of benzene rings is 1. The fourth-order valence-electron chi connectivity index (χ4n) is 1.60. The van der Waals surface area contributed by atoms with Gasteiger partial charge in [0.2, 0.25) is 0 Å². The van der Waals surface area contributed by atoms with Gasteiger partial charge in [0.25, 0.3) is 0 Å². The molecular weight excluding hydrogens is 208 g/mol. The highest BCUT2D eigenvalue weighted by atomic mass is 16.5. The summed E-state index contributed by atoms with van der Waals surface area (Å²) in [5.41, 5.74) is 1.28. The Labute approximate surface area is 93.4 Å². The molecule has 4 heteroatoms. The van der Waals surface area contributed by atoms with Crippen molar-refractivity contribution < 1.29 is 19.0 Å². The van der Waals surface area contributed by atoms with Crippen LogP contribution in [0.15, 0.2) is 18.2 Å². The summed E-state index contributed by atoms with van der Waals surface area (Å²) in [6, 6.07) is 3.34. The van der Waals surface area contributed by atoms with Crippen molar-refractivity contribution in [2.45, 2.75) is 0 Å². The summed E-state index contributed by atoms with van der Waals surface area (Å²) in [5, 5.41) is 0. The molecule has 4 nitrogen and oxygen atoms in total. The van der Waals surface area contributed by atoms with E-state index < -0.39 is 0 Å². The van der Waals surface area contributed by atoms with Gasteiger partial charge < -0.3 is 14.2 Å². The van der Waals surface area contributed by atoms with Crippen molar-refractivity contribution in [1.29, 1.82) is 0 Å². The molecule has 0 aliphatic carbocycles. The summed E-state index contributed by atoms with van der Waals surface area (Å²) in [4.78, 5) is 11.4. The summed E-state index contributed by atoms with van der Waals surface area (Å²) in [5.74, 6) is 0.819. The number of esters is 1. The number of methoxy groups -OCH3 is 2. The van der Waals surface area contributed by atoms with Crippen molar-refractivity contribution in [1.82, 2.24) is 0 Å². The first-order chi connectivity index (χ1) is 7.76. The van der Waals surface area contributed by atoms with Crippen molar-refractivity contribution in [3.63, 3.8) is 0 Å². The molecular formula is C12H12O4. The third-order valence-electron chi connectivity index (χ3n) is 2.35. The van der Waals surface area contributed by atoms with Crippen LogP contribution in [0.25, 0.3) is 6.08 Å². The summed E-state index contributed by atoms with van der Waals surface area (Å²) in [6.45, 7) is 0.515. The molecule has 0 unspecified atom stereocenters. The average Bonchev–Trinajstić information content (AvgIpc) is 2.36. The molecule has 0 amide bonds. The van der Waals surface area contributed by atoms with E-state index in [9.17, 15) is 4.79 Å². The van der Waals surface area contributed by atoms with Gasteiger partial charge in [0.05, 0.1) is 19.8 Å². The van der Waals surface area contributed by atoms with Crippen LogP contribution in [0.1, 0.15) is 15.9 Å². The lowest BCUT2D eigenvalue weighted by Crippen LogP contribution is -2.07. The Morgan fingerprint density at radius 3 is 2.88 bits per heavy atom. The molecule has 0 aromatic heterocycles. The van der Waals surface area contributed by atoms with E-state index in [2.05, 4.69) is 4.74 Å². The monoisotopic (exact) mass is 220 g/mol. The number of carbonyl (C=O) groups excluding carboxylic acids is 1. The molecule has 0 fully saturated rings. The topological polar surface area (TPSA) is 44.8 Å². The van der Waals surface area contributed by atoms with Gasteiger partial charge in [0, 0.05) is 5.56 Å². The Morgan fingerprint density at radius 1 is 1.38 bits per heavy atom. The maximum Gasteiger partial charge on any atom is 0.338 e. The third kappa shape index (κ3) is 1.74. The molecule has 0 atom stereocenters. The van der Waals surface area contributed by atoms with E-state index >= 15 is 0 Å². The lowest BCUT2D eigenvalue weighted by Gasteiger charge is -2.16. The van der Waals surface area contributed by atoms with Crippen LogP contribution >= 0.6 is 0 Å². The van der Waals surface area contributed by atoms with Crippen LogP contribution in [-0.4, -0.2) is 26.8 Å². The van der Waals surface area contributed by atoms with E-state index in [0.29, 0.717) is 23.7 Å². The largest absolute Gasteiger partial charge is 0.493 e. The highest BCUT2D eigenvalue weighted by molar-refractivity contribution is 5.91. The SMILES string of the molecule is COC(=O)c1cc2c(c(OC)c1)OCC=C2. The number of carbonyl (C=O) groups is 1. The minimum absolute atomic E-state index is 0.389. The van der Waals surface area contributed by atoms with Gasteiger partial charge in [-0.15, -0.1) is 0 Å². The van der Waals surface area contributed by atoms with Gasteiger partial charge in [-0.25, -0.2) is 4.79 Å². The molecule has 1 aromatic carbocycles. The molecule has 0 spiro atoms. The third-order valence-corrected chi connectivity index (χ3v) is 2.35. The number of hydrogen-bond acceptors (Lipinski definition) is 4. The zero-order valence-corrected chi connectivity index (χ0v) is 9.15. The van der Waals surface area contributed by atoms with Crippen LogP contribution in [0, 0.1) is 0 Å². The molecule has 2 rings (SSSR count). The van der Waals surface area contributed by atoms with Crippen LogP contribution in [0.2, 0.25) is 0 Å². The summed E-state index contributed by atoms with van der Waals surface area (Å²) < 4.78 is 15.3. The van der Waals surface area contributed by atoms with E-state index in [1.807, 2.05) is 12.2 Å². The van der Waals surface area contributed by atoms with E-state index in [0.717, 1.165) is 5.56 Å². The van der Waals surface area contributed by atoms with Gasteiger partial charge in [-0.1, -0.05) is 6.08 Å². The van der Waals surface area contributed by atoms with Gasteiger partial charge in [0.1, 0.15) is 6.61 Å². The lowest BCUT2D eigenvalue weighted by atomic mass is 10.1. The van der Waals surface area contributed by atoms with Crippen molar-refractivity contribution in [3.8, 4) is 11.5 Å². The first-order valence-corrected chi connectivity index (χ1v) is 4.86. The van der Waals surface area contributed by atoms with Crippen LogP contribution < -0.4 is 9.47 Å². The molecule has 0 bridgehead atoms. The molecule has 1 heterocycles. The Morgan fingerprint density at radius 2 is 2.19 bits per heavy atom. The first kappa shape index (κ1) is 10.5. The zero-order valence-electron chi connectivity index (χ0n) is 9.15. The van der Waals surface area contributed by atoms with Gasteiger partial charge in [-0.05, 0) is 18.2 Å². The zero-order chi connectivity index (χ0) is 11.5. The normalized spacial score (nSPS) is 12.6. The standard InChI is InChI=1S/C12H12O4/c1-14-10-7-9(12(13)15-2)6-8-4-3-5-16-11(8)10/h3-4,6-7H,5H2,1-2H3. The number of rotatable bonds is 2. The molecule has 0 radical (unpaired) electrons. The van der Waals surface area contributed by atoms with Crippen molar-refractivity contribution >= 4 is 12.0 Å². The molecule has 1 aromatic rings. The summed E-state index contributed by atoms with van der Waals surface area (Å²) in [6.07, 6.45) is 3.77. The van der Waals surface area contributed by atoms with Gasteiger partial charge >= 0.3 is 5.97 Å². The molecule has 0 saturated carbocycles. The Balaban J connectivity index is 2.53. The van der Waals surface area contributed by atoms with Crippen molar-refractivity contribution in [3.05, 3.63) is 29.3 Å². The second kappa shape index (κ2) is 4.26. The quantitative estimate of drug-likeness (QED) is 0.714. The van der Waals surface area contributed by atoms with Crippen LogP contribution in [0.5, 0.6) is 11.5 Å². The van der Waals surface area contributed by atoms with E-state index in [-0.39, 0.29) is 5.97 Å². The van der Waals surface area contributed by atoms with Crippen molar-refractivity contribution in [2.24, 2.45) is 0 Å². The minimum atomic E-state index is -0.389. The van der Waals surface area contributed by atoms with Gasteiger partial charge in [-0.2, -0.15) is 0 Å². The van der Waals surface area contributed by atoms with E-state index in [1.165, 1.54) is 7.11 Å². The molecule has 0 N–H and O–H groups in total. The predicted octanol–water partition coefficient (Wildman–Crippen LogP) is 1.89. The average molecular weight is 220 g/mol. The fourth-order valence-corrected chi connectivity index (χ4v) is 1.60. The first-order valence-electron chi connectivity index (χ1n) is 4.86. The van der Waals surface area contributed by atoms with Gasteiger partial charge in [0.15, 0.2) is 11.5 Å². The Kier molecular flexibility index (Phi) is 2.81. The number of ether oxygens (including phenoxy) is 3. The molecule has 0 saturated heterocycles. The van der Waals surface area contributed by atoms with E-state index in [1.54, 1.807) is 19.2 Å². The van der Waals surface area contributed by atoms with Crippen LogP contribution in [0.3, 0.4) is 0 Å². The van der Waals surface area contributed by atoms with Crippen LogP contribution in [0.4, 0.5) is 0 Å². The fraction of sp³-hybridized carbons (Fsp3) is 0.250. The Bertz CT molecular complexity index is 449. The molecule has 16 heavy (non-hydrogen) atoms. The number of fused-ring (bicyclic) bond motifs is 1. The Hall–Kier alpha value is -1.97. The molecule has 1 aliphatic heterocycles. The predicted molar refractivity (Wildman–Crippen MR) is 58.9 cm³/mol. The second-order valence-corrected chi connectivity index (χ2v) is 3.30. The van der Waals surface area contributed by atoms with E-state index in [4.69, 9.17) is 9.47 Å². The van der Waals surface area contributed by atoms with Gasteiger partial charge in [-0.3, -0.25) is 0 Å². The summed E-state index contributed by atoms with van der Waals surface area (Å²) >= 11 is 0. The second-order valence-electron chi connectivity index (χ2n) is 3.30. The molecule has 84 valence electrons. The van der Waals surface area contributed by atoms with Crippen molar-refractivity contribution in [2.75, 3.05) is 20.8 Å². The minimum Gasteiger partial charge on any atom is -0.493 e. The van der Waals surface area contributed by atoms with Crippen LogP contribution in [-0.2, 0) is 4.74 Å². The summed E-state index contributed by atoms with van der Waals surface area (Å²) in [7, 11) is 2.89. The lowest BCUT2D eigenvalue weighted by molar-refractivity contribution is 0.0600. The highest BCUT2D eigenvalue weighted by Gasteiger charge is 2.17. The maximum absolute atomic E-state index is 11.4. The maximum atomic E-state index is 11.4. The number of hydrogen-bond donors (Lipinski definition) is 0. The molecule has 1 aliphatic rings.